The molecule has 3 aromatic heterocycles. The SMILES string of the molecule is CCn1cc(Cl)c2cc(C(=O)NC3CCc4nc(N5CC(N)C6(CCCCO6)C5)cc(F)c4C3)nnc21. The molecule has 1 spiro atoms. The van der Waals surface area contributed by atoms with Gasteiger partial charge in [0.15, 0.2) is 11.3 Å². The molecule has 6 rings (SSSR count). The van der Waals surface area contributed by atoms with E-state index < -0.39 is 0 Å². The maximum atomic E-state index is 15.3. The summed E-state index contributed by atoms with van der Waals surface area (Å²) in [4.78, 5) is 19.8. The normalized spacial score (nSPS) is 25.6. The zero-order valence-electron chi connectivity index (χ0n) is 20.8. The highest BCUT2D eigenvalue weighted by molar-refractivity contribution is 6.35. The molecular formula is C26H31ClFN7O2. The van der Waals surface area contributed by atoms with Crippen molar-refractivity contribution < 1.29 is 13.9 Å². The Morgan fingerprint density at radius 3 is 3.00 bits per heavy atom. The number of carbonyl (C=O) groups excluding carboxylic acids is 1. The number of halogens is 2. The first kappa shape index (κ1) is 24.5. The van der Waals surface area contributed by atoms with Crippen molar-refractivity contribution in [2.75, 3.05) is 24.6 Å². The number of carbonyl (C=O) groups is 1. The Hall–Kier alpha value is -2.82. The Morgan fingerprint density at radius 1 is 1.35 bits per heavy atom. The molecule has 196 valence electrons. The van der Waals surface area contributed by atoms with Gasteiger partial charge >= 0.3 is 0 Å². The van der Waals surface area contributed by atoms with E-state index in [-0.39, 0.29) is 35.1 Å². The zero-order chi connectivity index (χ0) is 25.7. The predicted octanol–water partition coefficient (Wildman–Crippen LogP) is 3.01. The van der Waals surface area contributed by atoms with Gasteiger partial charge in [0.05, 0.1) is 17.6 Å². The summed E-state index contributed by atoms with van der Waals surface area (Å²) in [5.74, 6) is -0.0383. The summed E-state index contributed by atoms with van der Waals surface area (Å²) in [7, 11) is 0. The third kappa shape index (κ3) is 4.34. The molecule has 3 N–H and O–H groups in total. The fraction of sp³-hybridized carbons (Fsp3) is 0.538. The monoisotopic (exact) mass is 527 g/mol. The Kier molecular flexibility index (Phi) is 6.29. The smallest absolute Gasteiger partial charge is 0.272 e. The van der Waals surface area contributed by atoms with Crippen LogP contribution in [0.2, 0.25) is 5.02 Å². The van der Waals surface area contributed by atoms with E-state index in [4.69, 9.17) is 27.1 Å². The van der Waals surface area contributed by atoms with Crippen molar-refractivity contribution in [3.63, 3.8) is 0 Å². The molecule has 0 radical (unpaired) electrons. The van der Waals surface area contributed by atoms with Crippen LogP contribution in [0.3, 0.4) is 0 Å². The first-order valence-electron chi connectivity index (χ1n) is 13.0. The number of nitrogens with two attached hydrogens (primary N) is 1. The highest BCUT2D eigenvalue weighted by Gasteiger charge is 2.47. The van der Waals surface area contributed by atoms with Gasteiger partial charge in [0.2, 0.25) is 0 Å². The van der Waals surface area contributed by atoms with Gasteiger partial charge in [-0.25, -0.2) is 9.37 Å². The third-order valence-electron chi connectivity index (χ3n) is 8.06. The molecule has 37 heavy (non-hydrogen) atoms. The number of hydrogen-bond donors (Lipinski definition) is 2. The van der Waals surface area contributed by atoms with Crippen LogP contribution in [0.5, 0.6) is 0 Å². The number of aromatic nitrogens is 4. The molecule has 5 heterocycles. The molecule has 0 aromatic carbocycles. The molecule has 0 saturated carbocycles. The van der Waals surface area contributed by atoms with E-state index in [1.807, 2.05) is 11.5 Å². The van der Waals surface area contributed by atoms with E-state index in [2.05, 4.69) is 20.4 Å². The highest BCUT2D eigenvalue weighted by Crippen LogP contribution is 2.36. The fourth-order valence-electron chi connectivity index (χ4n) is 5.97. The van der Waals surface area contributed by atoms with Crippen molar-refractivity contribution in [2.45, 2.75) is 69.7 Å². The van der Waals surface area contributed by atoms with Crippen LogP contribution in [0.4, 0.5) is 10.2 Å². The van der Waals surface area contributed by atoms with Gasteiger partial charge in [0.1, 0.15) is 17.2 Å². The standard InChI is InChI=1S/C26H31ClFN7O2/c1-2-34-12-18(27)16-10-21(32-33-24(16)34)25(36)30-15-5-6-20-17(9-15)19(28)11-23(31-20)35-13-22(29)26(14-35)7-3-4-8-37-26/h10-12,15,22H,2-9,13-14,29H2,1H3,(H,30,36). The van der Waals surface area contributed by atoms with Crippen molar-refractivity contribution in [3.8, 4) is 0 Å². The molecule has 3 atom stereocenters. The lowest BCUT2D eigenvalue weighted by Gasteiger charge is -2.36. The summed E-state index contributed by atoms with van der Waals surface area (Å²) < 4.78 is 23.3. The van der Waals surface area contributed by atoms with Gasteiger partial charge in [0, 0.05) is 54.6 Å². The second-order valence-electron chi connectivity index (χ2n) is 10.4. The van der Waals surface area contributed by atoms with Gasteiger partial charge in [-0.3, -0.25) is 4.79 Å². The number of nitrogens with one attached hydrogen (secondary N) is 1. The number of amides is 1. The van der Waals surface area contributed by atoms with E-state index in [0.717, 1.165) is 31.6 Å². The molecular weight excluding hydrogens is 497 g/mol. The van der Waals surface area contributed by atoms with Crippen LogP contribution in [0.25, 0.3) is 11.0 Å². The van der Waals surface area contributed by atoms with Crippen LogP contribution in [-0.2, 0) is 24.1 Å². The maximum Gasteiger partial charge on any atom is 0.272 e. The number of hydrogen-bond acceptors (Lipinski definition) is 7. The van der Waals surface area contributed by atoms with Crippen LogP contribution < -0.4 is 16.0 Å². The Labute approximate surface area is 219 Å². The minimum atomic E-state index is -0.364. The summed E-state index contributed by atoms with van der Waals surface area (Å²) in [5, 5.41) is 12.5. The molecule has 3 unspecified atom stereocenters. The lowest BCUT2D eigenvalue weighted by Crippen LogP contribution is -2.51. The van der Waals surface area contributed by atoms with Crippen molar-refractivity contribution in [1.29, 1.82) is 0 Å². The number of aryl methyl sites for hydroxylation is 2. The molecule has 11 heteroatoms. The fourth-order valence-corrected chi connectivity index (χ4v) is 6.23. The molecule has 0 bridgehead atoms. The number of nitrogens with zero attached hydrogens (tertiary/aromatic N) is 5. The number of pyridine rings is 1. The van der Waals surface area contributed by atoms with Crippen LogP contribution >= 0.6 is 11.6 Å². The molecule has 1 aliphatic carbocycles. The van der Waals surface area contributed by atoms with Crippen molar-refractivity contribution in [2.24, 2.45) is 5.73 Å². The number of anilines is 1. The minimum absolute atomic E-state index is 0.119. The van der Waals surface area contributed by atoms with Crippen LogP contribution in [0, 0.1) is 5.82 Å². The largest absolute Gasteiger partial charge is 0.371 e. The second kappa shape index (κ2) is 9.49. The zero-order valence-corrected chi connectivity index (χ0v) is 21.6. The first-order chi connectivity index (χ1) is 17.9. The number of rotatable bonds is 4. The van der Waals surface area contributed by atoms with E-state index >= 15 is 4.39 Å². The van der Waals surface area contributed by atoms with Gasteiger partial charge in [-0.15, -0.1) is 10.2 Å². The third-order valence-corrected chi connectivity index (χ3v) is 8.36. The molecule has 2 aliphatic heterocycles. The van der Waals surface area contributed by atoms with E-state index in [1.165, 1.54) is 6.07 Å². The van der Waals surface area contributed by atoms with Gasteiger partial charge in [-0.2, -0.15) is 0 Å². The minimum Gasteiger partial charge on any atom is -0.371 e. The van der Waals surface area contributed by atoms with Gasteiger partial charge in [-0.1, -0.05) is 11.6 Å². The quantitative estimate of drug-likeness (QED) is 0.536. The van der Waals surface area contributed by atoms with Crippen LogP contribution in [-0.4, -0.2) is 63.0 Å². The second-order valence-corrected chi connectivity index (χ2v) is 10.8. The Balaban J connectivity index is 1.16. The average molecular weight is 528 g/mol. The van der Waals surface area contributed by atoms with Gasteiger partial charge in [-0.05, 0) is 51.5 Å². The van der Waals surface area contributed by atoms with Gasteiger partial charge < -0.3 is 25.3 Å². The summed E-state index contributed by atoms with van der Waals surface area (Å²) in [6, 6.07) is 2.80. The molecule has 1 amide bonds. The Bertz CT molecular complexity index is 1360. The summed E-state index contributed by atoms with van der Waals surface area (Å²) in [6.07, 6.45) is 6.45. The lowest BCUT2D eigenvalue weighted by atomic mass is 9.89. The van der Waals surface area contributed by atoms with E-state index in [0.29, 0.717) is 66.3 Å². The lowest BCUT2D eigenvalue weighted by molar-refractivity contribution is -0.0717. The molecule has 2 saturated heterocycles. The number of ether oxygens (including phenoxy) is 1. The molecule has 3 aromatic rings. The van der Waals surface area contributed by atoms with Crippen molar-refractivity contribution in [1.82, 2.24) is 25.1 Å². The average Bonchev–Trinajstić information content (AvgIpc) is 3.40. The summed E-state index contributed by atoms with van der Waals surface area (Å²) in [6.45, 7) is 4.64. The summed E-state index contributed by atoms with van der Waals surface area (Å²) in [5.41, 5.74) is 8.22. The highest BCUT2D eigenvalue weighted by atomic mass is 35.5. The maximum absolute atomic E-state index is 15.3. The number of fused-ring (bicyclic) bond motifs is 2. The van der Waals surface area contributed by atoms with Crippen LogP contribution in [0.15, 0.2) is 18.3 Å². The topological polar surface area (TPSA) is 111 Å². The van der Waals surface area contributed by atoms with E-state index in [9.17, 15) is 4.79 Å². The Morgan fingerprint density at radius 2 is 2.22 bits per heavy atom. The van der Waals surface area contributed by atoms with Crippen molar-refractivity contribution in [3.05, 3.63) is 46.1 Å². The molecule has 3 aliphatic rings. The molecule has 2 fully saturated rings. The van der Waals surface area contributed by atoms with E-state index in [1.54, 1.807) is 12.3 Å². The van der Waals surface area contributed by atoms with Crippen LogP contribution in [0.1, 0.15) is 54.4 Å². The predicted molar refractivity (Wildman–Crippen MR) is 138 cm³/mol. The van der Waals surface area contributed by atoms with Gasteiger partial charge in [0.25, 0.3) is 5.91 Å². The summed E-state index contributed by atoms with van der Waals surface area (Å²) >= 11 is 6.32. The van der Waals surface area contributed by atoms with Crippen molar-refractivity contribution >= 4 is 34.4 Å². The first-order valence-corrected chi connectivity index (χ1v) is 13.4. The molecule has 9 nitrogen and oxygen atoms in total.